The smallest absolute Gasteiger partial charge is 0.0911 e. The van der Waals surface area contributed by atoms with Gasteiger partial charge in [-0.3, -0.25) is 5.41 Å². The lowest BCUT2D eigenvalue weighted by Crippen LogP contribution is -2.45. The van der Waals surface area contributed by atoms with Crippen molar-refractivity contribution >= 4 is 5.84 Å². The maximum Gasteiger partial charge on any atom is 0.0911 e. The molecule has 1 aliphatic heterocycles. The number of nitrogens with two attached hydrogens (primary N) is 1. The first kappa shape index (κ1) is 11.9. The predicted octanol–water partition coefficient (Wildman–Crippen LogP) is 0.795. The monoisotopic (exact) mass is 225 g/mol. The van der Waals surface area contributed by atoms with E-state index in [2.05, 4.69) is 11.8 Å². The zero-order chi connectivity index (χ0) is 11.8. The van der Waals surface area contributed by atoms with Crippen molar-refractivity contribution in [3.63, 3.8) is 0 Å². The molecule has 1 saturated heterocycles. The lowest BCUT2D eigenvalue weighted by molar-refractivity contribution is 0.0213. The molecule has 4 N–H and O–H groups in total. The van der Waals surface area contributed by atoms with Crippen LogP contribution in [0.3, 0.4) is 0 Å². The van der Waals surface area contributed by atoms with Crippen molar-refractivity contribution in [3.05, 3.63) is 0 Å². The molecule has 16 heavy (non-hydrogen) atoms. The first-order valence-corrected chi connectivity index (χ1v) is 6.24. The third kappa shape index (κ3) is 2.74. The Hall–Kier alpha value is -0.610. The molecule has 4 nitrogen and oxygen atoms in total. The van der Waals surface area contributed by atoms with E-state index in [1.165, 1.54) is 12.8 Å². The molecule has 1 saturated carbocycles. The Morgan fingerprint density at radius 3 is 2.75 bits per heavy atom. The summed E-state index contributed by atoms with van der Waals surface area (Å²) in [5, 5.41) is 17.2. The quantitative estimate of drug-likeness (QED) is 0.489. The average Bonchev–Trinajstić information content (AvgIpc) is 2.90. The Morgan fingerprint density at radius 1 is 1.56 bits per heavy atom. The minimum absolute atomic E-state index is 0.179. The van der Waals surface area contributed by atoms with Crippen LogP contribution in [0.4, 0.5) is 0 Å². The van der Waals surface area contributed by atoms with Crippen LogP contribution in [0.5, 0.6) is 0 Å². The maximum absolute atomic E-state index is 9.84. The van der Waals surface area contributed by atoms with E-state index in [1.54, 1.807) is 0 Å². The van der Waals surface area contributed by atoms with Crippen LogP contribution < -0.4 is 5.73 Å². The molecule has 0 bridgehead atoms. The molecular weight excluding hydrogens is 202 g/mol. The highest BCUT2D eigenvalue weighted by Gasteiger charge is 2.44. The molecule has 0 spiro atoms. The summed E-state index contributed by atoms with van der Waals surface area (Å²) in [4.78, 5) is 2.35. The Bertz CT molecular complexity index is 275. The first-order chi connectivity index (χ1) is 7.51. The Kier molecular flexibility index (Phi) is 3.22. The van der Waals surface area contributed by atoms with E-state index in [1.807, 2.05) is 0 Å². The van der Waals surface area contributed by atoms with E-state index in [9.17, 15) is 5.11 Å². The van der Waals surface area contributed by atoms with E-state index < -0.39 is 0 Å². The number of rotatable bonds is 4. The van der Waals surface area contributed by atoms with E-state index >= 15 is 0 Å². The summed E-state index contributed by atoms with van der Waals surface area (Å²) >= 11 is 0. The van der Waals surface area contributed by atoms with Crippen molar-refractivity contribution in [3.8, 4) is 0 Å². The molecule has 0 aromatic carbocycles. The zero-order valence-electron chi connectivity index (χ0n) is 10.1. The average molecular weight is 225 g/mol. The van der Waals surface area contributed by atoms with Crippen molar-refractivity contribution < 1.29 is 5.11 Å². The molecule has 0 aromatic rings. The molecule has 1 aliphatic carbocycles. The Labute approximate surface area is 97.3 Å². The number of hydrogen-bond acceptors (Lipinski definition) is 3. The van der Waals surface area contributed by atoms with Gasteiger partial charge in [0, 0.05) is 19.5 Å². The minimum Gasteiger partial charge on any atom is -0.392 e. The fourth-order valence-electron chi connectivity index (χ4n) is 2.70. The molecule has 0 aromatic heterocycles. The van der Waals surface area contributed by atoms with Gasteiger partial charge in [-0.15, -0.1) is 0 Å². The number of likely N-dealkylation sites (tertiary alicyclic amines) is 1. The van der Waals surface area contributed by atoms with Gasteiger partial charge in [0.1, 0.15) is 0 Å². The van der Waals surface area contributed by atoms with Crippen LogP contribution in [-0.2, 0) is 0 Å². The van der Waals surface area contributed by atoms with Crippen LogP contribution in [0.2, 0.25) is 0 Å². The fourth-order valence-corrected chi connectivity index (χ4v) is 2.70. The van der Waals surface area contributed by atoms with Crippen LogP contribution >= 0.6 is 0 Å². The van der Waals surface area contributed by atoms with Crippen LogP contribution in [0, 0.1) is 16.7 Å². The molecule has 2 atom stereocenters. The molecule has 92 valence electrons. The normalized spacial score (nSPS) is 33.6. The molecule has 2 fully saturated rings. The van der Waals surface area contributed by atoms with Crippen LogP contribution in [0.15, 0.2) is 0 Å². The van der Waals surface area contributed by atoms with Gasteiger partial charge in [0.2, 0.25) is 0 Å². The number of aliphatic hydroxyl groups excluding tert-OH is 1. The van der Waals surface area contributed by atoms with Crippen LogP contribution in [0.1, 0.15) is 32.6 Å². The van der Waals surface area contributed by atoms with Crippen LogP contribution in [0.25, 0.3) is 0 Å². The summed E-state index contributed by atoms with van der Waals surface area (Å²) in [6.07, 6.45) is 4.01. The van der Waals surface area contributed by atoms with Crippen molar-refractivity contribution in [2.24, 2.45) is 17.1 Å². The molecule has 2 rings (SSSR count). The van der Waals surface area contributed by atoms with Crippen molar-refractivity contribution in [2.45, 2.75) is 38.7 Å². The van der Waals surface area contributed by atoms with Gasteiger partial charge in [0.05, 0.1) is 11.9 Å². The van der Waals surface area contributed by atoms with Gasteiger partial charge in [0.15, 0.2) is 0 Å². The number of hydrogen-bond donors (Lipinski definition) is 3. The summed E-state index contributed by atoms with van der Waals surface area (Å²) in [5.74, 6) is 0.739. The van der Waals surface area contributed by atoms with Gasteiger partial charge in [-0.25, -0.2) is 0 Å². The summed E-state index contributed by atoms with van der Waals surface area (Å²) in [6.45, 7) is 5.00. The molecule has 0 amide bonds. The first-order valence-electron chi connectivity index (χ1n) is 6.24. The molecule has 2 unspecified atom stereocenters. The van der Waals surface area contributed by atoms with Crippen LogP contribution in [-0.4, -0.2) is 41.6 Å². The highest BCUT2D eigenvalue weighted by Crippen LogP contribution is 2.49. The molecule has 0 radical (unpaired) electrons. The number of nitrogens with zero attached hydrogens (tertiary/aromatic N) is 1. The van der Waals surface area contributed by atoms with Gasteiger partial charge in [-0.2, -0.15) is 0 Å². The number of amidine groups is 1. The minimum atomic E-state index is -0.179. The van der Waals surface area contributed by atoms with E-state index in [0.29, 0.717) is 11.8 Å². The second kappa shape index (κ2) is 4.34. The zero-order valence-corrected chi connectivity index (χ0v) is 10.1. The van der Waals surface area contributed by atoms with Gasteiger partial charge < -0.3 is 15.7 Å². The predicted molar refractivity (Wildman–Crippen MR) is 64.4 cm³/mol. The summed E-state index contributed by atoms with van der Waals surface area (Å²) in [5.41, 5.74) is 5.76. The lowest BCUT2D eigenvalue weighted by Gasteiger charge is -2.36. The van der Waals surface area contributed by atoms with Gasteiger partial charge in [-0.1, -0.05) is 6.92 Å². The SMILES string of the molecule is CC1CCN(CC2(CC(=N)N)CC2)CC1O. The maximum atomic E-state index is 9.84. The van der Waals surface area contributed by atoms with E-state index in [-0.39, 0.29) is 11.5 Å². The topological polar surface area (TPSA) is 73.3 Å². The van der Waals surface area contributed by atoms with E-state index in [0.717, 1.165) is 32.5 Å². The van der Waals surface area contributed by atoms with Gasteiger partial charge >= 0.3 is 0 Å². The van der Waals surface area contributed by atoms with Crippen molar-refractivity contribution in [1.29, 1.82) is 5.41 Å². The number of aliphatic hydroxyl groups is 1. The highest BCUT2D eigenvalue weighted by molar-refractivity contribution is 5.78. The molecule has 2 aliphatic rings. The highest BCUT2D eigenvalue weighted by atomic mass is 16.3. The number of β-amino-alcohol motifs (C(OH)–C–C–N with tert-alkyl or cyclic N) is 1. The second-order valence-electron chi connectivity index (χ2n) is 5.77. The molecular formula is C12H23N3O. The second-order valence-corrected chi connectivity index (χ2v) is 5.77. The summed E-state index contributed by atoms with van der Waals surface area (Å²) in [6, 6.07) is 0. The molecule has 4 heteroatoms. The third-order valence-corrected chi connectivity index (χ3v) is 4.08. The summed E-state index contributed by atoms with van der Waals surface area (Å²) < 4.78 is 0. The lowest BCUT2D eigenvalue weighted by atomic mass is 9.93. The van der Waals surface area contributed by atoms with Crippen molar-refractivity contribution in [1.82, 2.24) is 4.90 Å². The van der Waals surface area contributed by atoms with Gasteiger partial charge in [-0.05, 0) is 37.1 Å². The summed E-state index contributed by atoms with van der Waals surface area (Å²) in [7, 11) is 0. The number of nitrogens with one attached hydrogen (secondary N) is 1. The van der Waals surface area contributed by atoms with Gasteiger partial charge in [0.25, 0.3) is 0 Å². The molecule has 1 heterocycles. The third-order valence-electron chi connectivity index (χ3n) is 4.08. The Balaban J connectivity index is 1.84. The number of piperidine rings is 1. The largest absolute Gasteiger partial charge is 0.392 e. The van der Waals surface area contributed by atoms with Crippen molar-refractivity contribution in [2.75, 3.05) is 19.6 Å². The fraction of sp³-hybridized carbons (Fsp3) is 0.917. The van der Waals surface area contributed by atoms with E-state index in [4.69, 9.17) is 11.1 Å². The Morgan fingerprint density at radius 2 is 2.25 bits per heavy atom. The standard InChI is InChI=1S/C12H23N3O/c1-9-2-5-15(7-10(9)16)8-12(3-4-12)6-11(13)14/h9-10,16H,2-8H2,1H3,(H3,13,14).